The summed E-state index contributed by atoms with van der Waals surface area (Å²) in [5.41, 5.74) is 7.25. The van der Waals surface area contributed by atoms with Crippen LogP contribution in [0.1, 0.15) is 11.1 Å². The van der Waals surface area contributed by atoms with Gasteiger partial charge in [0.1, 0.15) is 0 Å². The van der Waals surface area contributed by atoms with Gasteiger partial charge in [-0.3, -0.25) is 9.97 Å². The van der Waals surface area contributed by atoms with E-state index in [-0.39, 0.29) is 34.0 Å². The van der Waals surface area contributed by atoms with Gasteiger partial charge in [-0.15, -0.1) is 0 Å². The number of hydrogen-bond acceptors (Lipinski definition) is 2. The lowest BCUT2D eigenvalue weighted by Gasteiger charge is -2.05. The Labute approximate surface area is 235 Å². The van der Waals surface area contributed by atoms with Gasteiger partial charge in [-0.2, -0.15) is 0 Å². The Balaban J connectivity index is 0.00000171. The van der Waals surface area contributed by atoms with Gasteiger partial charge in [0.2, 0.25) is 0 Å². The van der Waals surface area contributed by atoms with Gasteiger partial charge in [0.15, 0.2) is 37.9 Å². The summed E-state index contributed by atoms with van der Waals surface area (Å²) in [6.45, 7) is 1.63. The Morgan fingerprint density at radius 2 is 0.857 bits per heavy atom. The van der Waals surface area contributed by atoms with Crippen molar-refractivity contribution in [2.75, 3.05) is 0 Å². The number of aromatic nitrogens is 4. The quantitative estimate of drug-likeness (QED) is 0.226. The van der Waals surface area contributed by atoms with Gasteiger partial charge in [0.25, 0.3) is 0 Å². The van der Waals surface area contributed by atoms with E-state index in [4.69, 9.17) is 0 Å². The number of pyridine rings is 4. The first-order valence-corrected chi connectivity index (χ1v) is 11.6. The SMILES string of the molecule is Brc1cc(C[n+]2ccc(-c3ccncc3)cc2)cc(C[n+]2ccc(-c3ccncc3)cc2)c1.[Br-].[Br-]. The molecular weight excluding hydrogens is 632 g/mol. The first-order valence-electron chi connectivity index (χ1n) is 10.8. The Bertz CT molecular complexity index is 1240. The van der Waals surface area contributed by atoms with E-state index in [1.54, 1.807) is 0 Å². The van der Waals surface area contributed by atoms with Crippen LogP contribution in [0.25, 0.3) is 22.3 Å². The van der Waals surface area contributed by atoms with Crippen LogP contribution in [0.5, 0.6) is 0 Å². The third kappa shape index (κ3) is 7.13. The van der Waals surface area contributed by atoms with Crippen molar-refractivity contribution in [3.8, 4) is 22.3 Å². The van der Waals surface area contributed by atoms with Gasteiger partial charge >= 0.3 is 0 Å². The molecule has 0 radical (unpaired) electrons. The lowest BCUT2D eigenvalue weighted by molar-refractivity contribution is -0.689. The number of nitrogens with zero attached hydrogens (tertiary/aromatic N) is 4. The van der Waals surface area contributed by atoms with Gasteiger partial charge in [0, 0.05) is 64.7 Å². The summed E-state index contributed by atoms with van der Waals surface area (Å²) in [6, 6.07) is 23.4. The van der Waals surface area contributed by atoms with E-state index < -0.39 is 0 Å². The first-order chi connectivity index (χ1) is 16.2. The van der Waals surface area contributed by atoms with Crippen LogP contribution in [0.15, 0.2) is 121 Å². The minimum Gasteiger partial charge on any atom is -1.00 e. The molecule has 0 unspecified atom stereocenters. The number of rotatable bonds is 6. The van der Waals surface area contributed by atoms with Crippen LogP contribution in [0, 0.1) is 0 Å². The van der Waals surface area contributed by atoms with Gasteiger partial charge in [-0.1, -0.05) is 15.9 Å². The Morgan fingerprint density at radius 3 is 1.23 bits per heavy atom. The molecule has 0 atom stereocenters. The Morgan fingerprint density at radius 1 is 0.514 bits per heavy atom. The molecule has 35 heavy (non-hydrogen) atoms. The second kappa shape index (κ2) is 12.8. The fourth-order valence-electron chi connectivity index (χ4n) is 3.92. The molecule has 5 aromatic rings. The lowest BCUT2D eigenvalue weighted by Crippen LogP contribution is -3.00. The molecule has 0 aliphatic rings. The van der Waals surface area contributed by atoms with Gasteiger partial charge < -0.3 is 34.0 Å². The maximum Gasteiger partial charge on any atom is 0.173 e. The van der Waals surface area contributed by atoms with E-state index in [1.807, 2.05) is 49.1 Å². The zero-order chi connectivity index (χ0) is 22.5. The molecule has 0 saturated carbocycles. The van der Waals surface area contributed by atoms with Crippen molar-refractivity contribution in [2.45, 2.75) is 13.1 Å². The fourth-order valence-corrected chi connectivity index (χ4v) is 4.51. The average molecular weight is 655 g/mol. The molecule has 0 N–H and O–H groups in total. The third-order valence-electron chi connectivity index (χ3n) is 5.56. The summed E-state index contributed by atoms with van der Waals surface area (Å²) in [6.07, 6.45) is 15.8. The van der Waals surface area contributed by atoms with E-state index >= 15 is 0 Å². The predicted octanol–water partition coefficient (Wildman–Crippen LogP) is -0.747. The minimum atomic E-state index is 0. The molecule has 1 aromatic carbocycles. The topological polar surface area (TPSA) is 33.5 Å². The van der Waals surface area contributed by atoms with Crippen molar-refractivity contribution in [2.24, 2.45) is 0 Å². The summed E-state index contributed by atoms with van der Waals surface area (Å²) in [4.78, 5) is 8.19. The van der Waals surface area contributed by atoms with Crippen molar-refractivity contribution in [1.82, 2.24) is 9.97 Å². The van der Waals surface area contributed by atoms with E-state index in [0.29, 0.717) is 0 Å². The molecule has 0 aliphatic carbocycles. The van der Waals surface area contributed by atoms with Gasteiger partial charge in [-0.05, 0) is 64.7 Å². The normalized spacial score (nSPS) is 10.2. The highest BCUT2D eigenvalue weighted by Gasteiger charge is 2.10. The van der Waals surface area contributed by atoms with Crippen molar-refractivity contribution >= 4 is 15.9 Å². The molecule has 4 heterocycles. The Kier molecular flexibility index (Phi) is 9.83. The van der Waals surface area contributed by atoms with Crippen LogP contribution in [0.3, 0.4) is 0 Å². The number of hydrogen-bond donors (Lipinski definition) is 0. The minimum absolute atomic E-state index is 0. The molecular formula is C28H23Br3N4. The van der Waals surface area contributed by atoms with Crippen LogP contribution in [-0.4, -0.2) is 9.97 Å². The molecule has 0 aliphatic heterocycles. The molecule has 0 fully saturated rings. The molecule has 4 aromatic heterocycles. The summed E-state index contributed by atoms with van der Waals surface area (Å²) >= 11 is 3.69. The predicted molar refractivity (Wildman–Crippen MR) is 132 cm³/mol. The smallest absolute Gasteiger partial charge is 0.173 e. The molecule has 4 nitrogen and oxygen atoms in total. The van der Waals surface area contributed by atoms with Gasteiger partial charge in [0.05, 0.1) is 0 Å². The van der Waals surface area contributed by atoms with Crippen molar-refractivity contribution in [3.63, 3.8) is 0 Å². The summed E-state index contributed by atoms with van der Waals surface area (Å²) in [5.74, 6) is 0. The monoisotopic (exact) mass is 652 g/mol. The Hall–Kier alpha value is -2.74. The molecule has 0 spiro atoms. The van der Waals surface area contributed by atoms with Crippen molar-refractivity contribution in [3.05, 3.63) is 132 Å². The second-order valence-electron chi connectivity index (χ2n) is 7.96. The van der Waals surface area contributed by atoms with E-state index in [1.165, 1.54) is 33.4 Å². The van der Waals surface area contributed by atoms with Crippen LogP contribution >= 0.6 is 15.9 Å². The fraction of sp³-hybridized carbons (Fsp3) is 0.0714. The molecule has 176 valence electrons. The number of halogens is 3. The molecule has 7 heteroatoms. The van der Waals surface area contributed by atoms with E-state index in [0.717, 1.165) is 17.6 Å². The summed E-state index contributed by atoms with van der Waals surface area (Å²) < 4.78 is 5.50. The van der Waals surface area contributed by atoms with Crippen LogP contribution < -0.4 is 43.1 Å². The molecule has 0 saturated heterocycles. The van der Waals surface area contributed by atoms with Crippen molar-refractivity contribution < 1.29 is 43.1 Å². The zero-order valence-corrected chi connectivity index (χ0v) is 23.6. The van der Waals surface area contributed by atoms with Crippen LogP contribution in [0.2, 0.25) is 0 Å². The number of benzene rings is 1. The van der Waals surface area contributed by atoms with Crippen LogP contribution in [-0.2, 0) is 13.1 Å². The van der Waals surface area contributed by atoms with Crippen molar-refractivity contribution in [1.29, 1.82) is 0 Å². The standard InChI is InChI=1S/C28H23BrN4.2BrH/c29-28-18-22(20-32-13-5-26(6-14-32)24-1-9-30-10-2-24)17-23(19-28)21-33-15-7-27(8-16-33)25-3-11-31-12-4-25;;/h1-19H,20-21H2;2*1H/q+2;;/p-2. The molecule has 5 rings (SSSR count). The largest absolute Gasteiger partial charge is 1.00 e. The summed E-state index contributed by atoms with van der Waals surface area (Å²) in [5, 5.41) is 0. The lowest BCUT2D eigenvalue weighted by atomic mass is 10.1. The summed E-state index contributed by atoms with van der Waals surface area (Å²) in [7, 11) is 0. The average Bonchev–Trinajstić information content (AvgIpc) is 2.86. The molecule has 0 bridgehead atoms. The van der Waals surface area contributed by atoms with Crippen LogP contribution in [0.4, 0.5) is 0 Å². The van der Waals surface area contributed by atoms with Gasteiger partial charge in [-0.25, -0.2) is 9.13 Å². The second-order valence-corrected chi connectivity index (χ2v) is 8.87. The van der Waals surface area contributed by atoms with E-state index in [9.17, 15) is 0 Å². The molecule has 0 amide bonds. The first kappa shape index (κ1) is 26.9. The third-order valence-corrected chi connectivity index (χ3v) is 6.02. The maximum absolute atomic E-state index is 4.10. The highest BCUT2D eigenvalue weighted by atomic mass is 79.9. The highest BCUT2D eigenvalue weighted by molar-refractivity contribution is 9.10. The van der Waals surface area contributed by atoms with E-state index in [2.05, 4.69) is 102 Å². The maximum atomic E-state index is 4.10. The highest BCUT2D eigenvalue weighted by Crippen LogP contribution is 2.19. The zero-order valence-electron chi connectivity index (χ0n) is 18.8.